The van der Waals surface area contributed by atoms with Crippen LogP contribution in [0.15, 0.2) is 48.7 Å². The van der Waals surface area contributed by atoms with E-state index in [9.17, 15) is 9.59 Å². The Morgan fingerprint density at radius 1 is 1.11 bits per heavy atom. The molecule has 1 amide bonds. The minimum Gasteiger partial charge on any atom is -0.496 e. The highest BCUT2D eigenvalue weighted by Gasteiger charge is 2.14. The molecule has 0 radical (unpaired) electrons. The molecule has 27 heavy (non-hydrogen) atoms. The minimum absolute atomic E-state index is 0.0456. The molecule has 3 aromatic rings. The van der Waals surface area contributed by atoms with Gasteiger partial charge in [0, 0.05) is 30.1 Å². The van der Waals surface area contributed by atoms with E-state index in [4.69, 9.17) is 9.47 Å². The first kappa shape index (κ1) is 18.5. The normalized spacial score (nSPS) is 10.6. The smallest absolute Gasteiger partial charge is 0.341 e. The first-order valence-electron chi connectivity index (χ1n) is 8.69. The molecule has 0 spiro atoms. The Hall–Kier alpha value is -3.28. The Balaban J connectivity index is 1.58. The molecular weight excluding hydrogens is 344 g/mol. The van der Waals surface area contributed by atoms with E-state index in [0.29, 0.717) is 30.7 Å². The molecule has 0 bridgehead atoms. The maximum absolute atomic E-state index is 12.2. The van der Waals surface area contributed by atoms with Gasteiger partial charge < -0.3 is 19.8 Å². The van der Waals surface area contributed by atoms with Gasteiger partial charge in [-0.05, 0) is 35.7 Å². The van der Waals surface area contributed by atoms with Gasteiger partial charge in [-0.25, -0.2) is 4.79 Å². The number of benzene rings is 2. The zero-order valence-corrected chi connectivity index (χ0v) is 15.4. The number of aromatic amines is 1. The number of methoxy groups -OCH3 is 2. The van der Waals surface area contributed by atoms with Crippen LogP contribution in [-0.2, 0) is 22.5 Å². The quantitative estimate of drug-likeness (QED) is 0.629. The van der Waals surface area contributed by atoms with Crippen LogP contribution in [0.2, 0.25) is 0 Å². The molecule has 0 aliphatic carbocycles. The fourth-order valence-electron chi connectivity index (χ4n) is 3.01. The van der Waals surface area contributed by atoms with Gasteiger partial charge in [0.1, 0.15) is 11.3 Å². The number of ether oxygens (including phenoxy) is 2. The molecule has 6 nitrogen and oxygen atoms in total. The van der Waals surface area contributed by atoms with Gasteiger partial charge in [-0.1, -0.05) is 24.3 Å². The van der Waals surface area contributed by atoms with Crippen molar-refractivity contribution in [2.75, 3.05) is 14.2 Å². The lowest BCUT2D eigenvalue weighted by atomic mass is 10.1. The van der Waals surface area contributed by atoms with E-state index in [1.807, 2.05) is 36.5 Å². The number of carbonyl (C=O) groups excluding carboxylic acids is 2. The van der Waals surface area contributed by atoms with Crippen molar-refractivity contribution in [1.29, 1.82) is 0 Å². The Bertz CT molecular complexity index is 962. The number of aryl methyl sites for hydroxylation is 1. The van der Waals surface area contributed by atoms with Crippen molar-refractivity contribution < 1.29 is 19.1 Å². The third-order valence-electron chi connectivity index (χ3n) is 4.46. The third-order valence-corrected chi connectivity index (χ3v) is 4.46. The van der Waals surface area contributed by atoms with Gasteiger partial charge in [-0.2, -0.15) is 0 Å². The first-order chi connectivity index (χ1) is 13.1. The molecule has 0 aliphatic heterocycles. The molecule has 0 unspecified atom stereocenters. The van der Waals surface area contributed by atoms with Crippen molar-refractivity contribution in [3.05, 3.63) is 65.4 Å². The maximum Gasteiger partial charge on any atom is 0.341 e. The summed E-state index contributed by atoms with van der Waals surface area (Å²) in [5, 5.41) is 4.03. The van der Waals surface area contributed by atoms with Gasteiger partial charge in [0.15, 0.2) is 0 Å². The number of para-hydroxylation sites is 1. The second-order valence-electron chi connectivity index (χ2n) is 6.16. The van der Waals surface area contributed by atoms with Crippen molar-refractivity contribution in [3.8, 4) is 5.75 Å². The molecule has 140 valence electrons. The number of aromatic nitrogens is 1. The topological polar surface area (TPSA) is 80.4 Å². The van der Waals surface area contributed by atoms with E-state index < -0.39 is 5.97 Å². The number of hydrogen-bond acceptors (Lipinski definition) is 4. The Morgan fingerprint density at radius 3 is 2.70 bits per heavy atom. The first-order valence-corrected chi connectivity index (χ1v) is 8.69. The van der Waals surface area contributed by atoms with Gasteiger partial charge in [-0.3, -0.25) is 4.79 Å². The van der Waals surface area contributed by atoms with E-state index in [0.717, 1.165) is 22.0 Å². The molecule has 3 rings (SSSR count). The van der Waals surface area contributed by atoms with Crippen molar-refractivity contribution in [3.63, 3.8) is 0 Å². The van der Waals surface area contributed by atoms with E-state index >= 15 is 0 Å². The fourth-order valence-corrected chi connectivity index (χ4v) is 3.01. The average Bonchev–Trinajstić information content (AvgIpc) is 3.13. The van der Waals surface area contributed by atoms with Gasteiger partial charge in [-0.15, -0.1) is 0 Å². The van der Waals surface area contributed by atoms with Crippen LogP contribution in [0, 0.1) is 0 Å². The van der Waals surface area contributed by atoms with Crippen LogP contribution in [0.25, 0.3) is 10.9 Å². The highest BCUT2D eigenvalue weighted by atomic mass is 16.5. The monoisotopic (exact) mass is 366 g/mol. The number of fused-ring (bicyclic) bond motifs is 1. The number of rotatable bonds is 7. The van der Waals surface area contributed by atoms with Crippen molar-refractivity contribution in [2.45, 2.75) is 19.4 Å². The summed E-state index contributed by atoms with van der Waals surface area (Å²) in [6.07, 6.45) is 3.00. The van der Waals surface area contributed by atoms with Crippen LogP contribution in [0.1, 0.15) is 27.9 Å². The molecule has 2 N–H and O–H groups in total. The van der Waals surface area contributed by atoms with Crippen LogP contribution >= 0.6 is 0 Å². The molecular formula is C21H22N2O4. The van der Waals surface area contributed by atoms with Crippen LogP contribution in [0.4, 0.5) is 0 Å². The number of carbonyl (C=O) groups is 2. The summed E-state index contributed by atoms with van der Waals surface area (Å²) in [5.74, 6) is -0.0775. The second-order valence-corrected chi connectivity index (χ2v) is 6.16. The van der Waals surface area contributed by atoms with E-state index in [2.05, 4.69) is 10.3 Å². The average molecular weight is 366 g/mol. The molecule has 2 aromatic carbocycles. The lowest BCUT2D eigenvalue weighted by Gasteiger charge is -2.10. The summed E-state index contributed by atoms with van der Waals surface area (Å²) >= 11 is 0. The van der Waals surface area contributed by atoms with E-state index in [-0.39, 0.29) is 5.91 Å². The summed E-state index contributed by atoms with van der Waals surface area (Å²) in [7, 11) is 2.81. The van der Waals surface area contributed by atoms with Gasteiger partial charge in [0.2, 0.25) is 5.91 Å². The number of esters is 1. The van der Waals surface area contributed by atoms with Crippen molar-refractivity contribution in [1.82, 2.24) is 10.3 Å². The Labute approximate surface area is 157 Å². The number of hydrogen-bond donors (Lipinski definition) is 2. The third kappa shape index (κ3) is 4.28. The standard InChI is InChI=1S/C21H22N2O4/c1-26-19-9-7-14(11-17(19)21(25)27-2)12-23-20(24)10-8-15-13-22-18-6-4-3-5-16(15)18/h3-7,9,11,13,22H,8,10,12H2,1-2H3,(H,23,24). The molecule has 0 atom stereocenters. The van der Waals surface area contributed by atoms with Gasteiger partial charge in [0.25, 0.3) is 0 Å². The highest BCUT2D eigenvalue weighted by molar-refractivity contribution is 5.92. The Kier molecular flexibility index (Phi) is 5.76. The lowest BCUT2D eigenvalue weighted by Crippen LogP contribution is -2.23. The zero-order valence-electron chi connectivity index (χ0n) is 15.4. The summed E-state index contributed by atoms with van der Waals surface area (Å²) in [6.45, 7) is 0.334. The maximum atomic E-state index is 12.2. The highest BCUT2D eigenvalue weighted by Crippen LogP contribution is 2.21. The number of amides is 1. The van der Waals surface area contributed by atoms with Crippen molar-refractivity contribution in [2.24, 2.45) is 0 Å². The molecule has 0 aliphatic rings. The number of H-pyrrole nitrogens is 1. The predicted octanol–water partition coefficient (Wildman–Crippen LogP) is 3.21. The van der Waals surface area contributed by atoms with Gasteiger partial charge >= 0.3 is 5.97 Å². The number of nitrogens with one attached hydrogen (secondary N) is 2. The molecule has 0 fully saturated rings. The lowest BCUT2D eigenvalue weighted by molar-refractivity contribution is -0.121. The predicted molar refractivity (Wildman–Crippen MR) is 103 cm³/mol. The largest absolute Gasteiger partial charge is 0.496 e. The van der Waals surface area contributed by atoms with Crippen LogP contribution in [0.3, 0.4) is 0 Å². The van der Waals surface area contributed by atoms with Gasteiger partial charge in [0.05, 0.1) is 14.2 Å². The van der Waals surface area contributed by atoms with E-state index in [1.165, 1.54) is 14.2 Å². The van der Waals surface area contributed by atoms with Crippen molar-refractivity contribution >= 4 is 22.8 Å². The SMILES string of the molecule is COC(=O)c1cc(CNC(=O)CCc2c[nH]c3ccccc23)ccc1OC. The fraction of sp³-hybridized carbons (Fsp3) is 0.238. The summed E-state index contributed by atoms with van der Waals surface area (Å²) in [6, 6.07) is 13.2. The minimum atomic E-state index is -0.473. The van der Waals surface area contributed by atoms with E-state index in [1.54, 1.807) is 12.1 Å². The summed E-state index contributed by atoms with van der Waals surface area (Å²) in [4.78, 5) is 27.3. The molecule has 1 heterocycles. The Morgan fingerprint density at radius 2 is 1.93 bits per heavy atom. The molecule has 1 aromatic heterocycles. The molecule has 6 heteroatoms. The van der Waals surface area contributed by atoms with Crippen LogP contribution < -0.4 is 10.1 Å². The molecule has 0 saturated carbocycles. The van der Waals surface area contributed by atoms with Crippen LogP contribution in [-0.4, -0.2) is 31.1 Å². The summed E-state index contributed by atoms with van der Waals surface area (Å²) < 4.78 is 9.94. The molecule has 0 saturated heterocycles. The second kappa shape index (κ2) is 8.40. The van der Waals surface area contributed by atoms with Crippen LogP contribution in [0.5, 0.6) is 5.75 Å². The zero-order chi connectivity index (χ0) is 19.2. The summed E-state index contributed by atoms with van der Waals surface area (Å²) in [5.41, 5.74) is 3.34.